The van der Waals surface area contributed by atoms with E-state index in [4.69, 9.17) is 4.74 Å². The Hall–Kier alpha value is -3.92. The van der Waals surface area contributed by atoms with Gasteiger partial charge in [-0.05, 0) is 51.0 Å². The molecule has 3 aromatic carbocycles. The number of sulfonamides is 1. The summed E-state index contributed by atoms with van der Waals surface area (Å²) in [4.78, 5) is 28.7. The second kappa shape index (κ2) is 15.3. The Bertz CT molecular complexity index is 1430. The lowest BCUT2D eigenvalue weighted by atomic mass is 10.0. The number of anilines is 1. The van der Waals surface area contributed by atoms with E-state index in [-0.39, 0.29) is 55.8 Å². The number of rotatable bonds is 15. The third-order valence-electron chi connectivity index (χ3n) is 6.59. The van der Waals surface area contributed by atoms with Gasteiger partial charge in [0.2, 0.25) is 21.8 Å². The third kappa shape index (κ3) is 9.30. The summed E-state index contributed by atoms with van der Waals surface area (Å²) in [5.41, 5.74) is 1.52. The van der Waals surface area contributed by atoms with Crippen molar-refractivity contribution < 1.29 is 27.1 Å². The highest BCUT2D eigenvalue weighted by Gasteiger charge is 2.31. The lowest BCUT2D eigenvalue weighted by Gasteiger charge is -2.32. The van der Waals surface area contributed by atoms with Crippen LogP contribution in [-0.4, -0.2) is 56.6 Å². The van der Waals surface area contributed by atoms with E-state index in [0.29, 0.717) is 18.0 Å². The first kappa shape index (κ1) is 32.6. The first-order chi connectivity index (χ1) is 20.0. The molecule has 1 atom stereocenters. The maximum atomic E-state index is 14.8. The van der Waals surface area contributed by atoms with E-state index in [2.05, 4.69) is 5.32 Å². The molecule has 0 fully saturated rings. The van der Waals surface area contributed by atoms with Crippen molar-refractivity contribution in [1.82, 2.24) is 10.2 Å². The molecule has 0 unspecified atom stereocenters. The quantitative estimate of drug-likeness (QED) is 0.268. The predicted octanol–water partition coefficient (Wildman–Crippen LogP) is 4.94. The average Bonchev–Trinajstić information content (AvgIpc) is 2.94. The van der Waals surface area contributed by atoms with E-state index < -0.39 is 21.9 Å². The van der Waals surface area contributed by atoms with E-state index >= 15 is 0 Å². The van der Waals surface area contributed by atoms with Gasteiger partial charge in [-0.1, -0.05) is 60.7 Å². The zero-order valence-corrected chi connectivity index (χ0v) is 25.4. The molecule has 0 saturated heterocycles. The van der Waals surface area contributed by atoms with Gasteiger partial charge in [-0.25, -0.2) is 12.8 Å². The summed E-state index contributed by atoms with van der Waals surface area (Å²) in [7, 11) is -3.70. The van der Waals surface area contributed by atoms with E-state index in [0.717, 1.165) is 11.8 Å². The average molecular weight is 598 g/mol. The molecule has 10 heteroatoms. The summed E-state index contributed by atoms with van der Waals surface area (Å²) in [5.74, 6) is -0.786. The molecule has 0 spiro atoms. The van der Waals surface area contributed by atoms with Crippen LogP contribution in [0.2, 0.25) is 0 Å². The number of nitrogens with zero attached hydrogens (tertiary/aromatic N) is 2. The maximum absolute atomic E-state index is 14.8. The van der Waals surface area contributed by atoms with Crippen LogP contribution in [0.15, 0.2) is 78.9 Å². The zero-order chi connectivity index (χ0) is 30.7. The molecule has 3 aromatic rings. The minimum atomic E-state index is -3.70. The van der Waals surface area contributed by atoms with Crippen LogP contribution in [0.25, 0.3) is 0 Å². The van der Waals surface area contributed by atoms with Gasteiger partial charge in [0.15, 0.2) is 0 Å². The molecule has 8 nitrogen and oxygen atoms in total. The Morgan fingerprint density at radius 3 is 2.24 bits per heavy atom. The molecule has 0 saturated carbocycles. The number of para-hydroxylation sites is 2. The van der Waals surface area contributed by atoms with Crippen LogP contribution < -0.4 is 14.4 Å². The van der Waals surface area contributed by atoms with E-state index in [9.17, 15) is 22.4 Å². The van der Waals surface area contributed by atoms with Crippen LogP contribution in [0.3, 0.4) is 0 Å². The van der Waals surface area contributed by atoms with Crippen LogP contribution in [-0.2, 0) is 32.6 Å². The molecule has 3 rings (SSSR count). The van der Waals surface area contributed by atoms with Crippen molar-refractivity contribution in [3.05, 3.63) is 95.8 Å². The molecule has 42 heavy (non-hydrogen) atoms. The molecule has 1 N–H and O–H groups in total. The van der Waals surface area contributed by atoms with Gasteiger partial charge < -0.3 is 15.0 Å². The van der Waals surface area contributed by atoms with E-state index in [1.807, 2.05) is 51.1 Å². The van der Waals surface area contributed by atoms with Crippen molar-refractivity contribution in [2.45, 2.75) is 58.7 Å². The number of hydrogen-bond acceptors (Lipinski definition) is 5. The summed E-state index contributed by atoms with van der Waals surface area (Å²) < 4.78 is 47.2. The lowest BCUT2D eigenvalue weighted by Crippen LogP contribution is -2.52. The van der Waals surface area contributed by atoms with Crippen LogP contribution in [0, 0.1) is 5.82 Å². The van der Waals surface area contributed by atoms with Gasteiger partial charge in [-0.15, -0.1) is 0 Å². The van der Waals surface area contributed by atoms with Gasteiger partial charge in [0.25, 0.3) is 0 Å². The first-order valence-corrected chi connectivity index (χ1v) is 15.9. The van der Waals surface area contributed by atoms with Crippen LogP contribution in [0.4, 0.5) is 10.1 Å². The molecule has 2 amide bonds. The highest BCUT2D eigenvalue weighted by atomic mass is 32.2. The molecule has 0 aromatic heterocycles. The van der Waals surface area contributed by atoms with Crippen molar-refractivity contribution in [2.75, 3.05) is 23.7 Å². The molecule has 0 aliphatic carbocycles. The second-order valence-corrected chi connectivity index (χ2v) is 12.2. The molecule has 226 valence electrons. The Morgan fingerprint density at radius 1 is 0.952 bits per heavy atom. The van der Waals surface area contributed by atoms with Crippen molar-refractivity contribution in [3.63, 3.8) is 0 Å². The number of carbonyl (C=O) groups is 2. The molecular formula is C32H40FN3O5S. The number of amides is 2. The Labute approximate surface area is 248 Å². The Balaban J connectivity index is 1.90. The van der Waals surface area contributed by atoms with Gasteiger partial charge in [0.1, 0.15) is 17.6 Å². The highest BCUT2D eigenvalue weighted by Crippen LogP contribution is 2.30. The minimum absolute atomic E-state index is 0.0176. The third-order valence-corrected chi connectivity index (χ3v) is 7.77. The molecule has 0 bridgehead atoms. The van der Waals surface area contributed by atoms with Crippen molar-refractivity contribution in [1.29, 1.82) is 0 Å². The van der Waals surface area contributed by atoms with Gasteiger partial charge in [0.05, 0.1) is 18.6 Å². The summed E-state index contributed by atoms with van der Waals surface area (Å²) >= 11 is 0. The van der Waals surface area contributed by atoms with Crippen LogP contribution in [0.1, 0.15) is 44.7 Å². The molecule has 0 aliphatic heterocycles. The summed E-state index contributed by atoms with van der Waals surface area (Å²) in [6, 6.07) is 21.2. The fourth-order valence-electron chi connectivity index (χ4n) is 4.67. The van der Waals surface area contributed by atoms with Crippen molar-refractivity contribution >= 4 is 27.5 Å². The van der Waals surface area contributed by atoms with E-state index in [1.165, 1.54) is 15.3 Å². The molecular weight excluding hydrogens is 557 g/mol. The number of halogens is 1. The van der Waals surface area contributed by atoms with Crippen LogP contribution in [0.5, 0.6) is 5.75 Å². The number of ether oxygens (including phenoxy) is 1. The minimum Gasteiger partial charge on any atom is -0.492 e. The highest BCUT2D eigenvalue weighted by molar-refractivity contribution is 7.92. The lowest BCUT2D eigenvalue weighted by molar-refractivity contribution is -0.141. The van der Waals surface area contributed by atoms with Gasteiger partial charge in [-0.3, -0.25) is 13.9 Å². The topological polar surface area (TPSA) is 96.0 Å². The second-order valence-electron chi connectivity index (χ2n) is 10.3. The van der Waals surface area contributed by atoms with Crippen molar-refractivity contribution in [2.24, 2.45) is 0 Å². The normalized spacial score (nSPS) is 12.0. The van der Waals surface area contributed by atoms with Gasteiger partial charge in [-0.2, -0.15) is 0 Å². The van der Waals surface area contributed by atoms with Gasteiger partial charge in [0, 0.05) is 37.5 Å². The number of benzene rings is 3. The summed E-state index contributed by atoms with van der Waals surface area (Å²) in [5, 5.41) is 2.90. The fraction of sp³-hybridized carbons (Fsp3) is 0.375. The van der Waals surface area contributed by atoms with Crippen molar-refractivity contribution in [3.8, 4) is 5.75 Å². The Kier molecular flexibility index (Phi) is 11.9. The predicted molar refractivity (Wildman–Crippen MR) is 163 cm³/mol. The number of hydrogen-bond donors (Lipinski definition) is 1. The summed E-state index contributed by atoms with van der Waals surface area (Å²) in [6.07, 6.45) is 1.45. The largest absolute Gasteiger partial charge is 0.492 e. The smallest absolute Gasteiger partial charge is 0.243 e. The first-order valence-electron chi connectivity index (χ1n) is 14.1. The molecule has 0 aliphatic rings. The monoisotopic (exact) mass is 597 g/mol. The fourth-order valence-corrected chi connectivity index (χ4v) is 5.64. The maximum Gasteiger partial charge on any atom is 0.243 e. The molecule has 0 radical (unpaired) electrons. The zero-order valence-electron chi connectivity index (χ0n) is 24.6. The Morgan fingerprint density at radius 2 is 1.60 bits per heavy atom. The van der Waals surface area contributed by atoms with Gasteiger partial charge >= 0.3 is 0 Å². The molecule has 0 heterocycles. The number of nitrogens with one attached hydrogen (secondary N) is 1. The van der Waals surface area contributed by atoms with E-state index in [1.54, 1.807) is 42.5 Å². The standard InChI is InChI=1S/C32H40FN3O5S/c1-5-41-30-19-12-11-18-28(30)36(42(4,39)40)21-13-20-31(37)35(23-26-16-9-10-17-27(26)33)29(32(38)34-24(2)3)22-25-14-7-6-8-15-25/h6-12,14-19,24,29H,5,13,20-23H2,1-4H3,(H,34,38)/t29-/m1/s1. The van der Waals surface area contributed by atoms with Crippen LogP contribution >= 0.6 is 0 Å². The summed E-state index contributed by atoms with van der Waals surface area (Å²) in [6.45, 7) is 5.74. The number of carbonyl (C=O) groups excluding carboxylic acids is 2. The SMILES string of the molecule is CCOc1ccccc1N(CCCC(=O)N(Cc1ccccc1F)[C@H](Cc1ccccc1)C(=O)NC(C)C)S(C)(=O)=O.